The van der Waals surface area contributed by atoms with Crippen molar-refractivity contribution >= 4 is 11.9 Å². The third-order valence-corrected chi connectivity index (χ3v) is 4.33. The molecule has 1 amide bonds. The normalized spacial score (nSPS) is 19.5. The van der Waals surface area contributed by atoms with Gasteiger partial charge in [0.05, 0.1) is 12.7 Å². The minimum Gasteiger partial charge on any atom is -0.480 e. The van der Waals surface area contributed by atoms with E-state index in [1.807, 2.05) is 18.2 Å². The lowest BCUT2D eigenvalue weighted by atomic mass is 9.70. The molecule has 0 aliphatic heterocycles. The Morgan fingerprint density at radius 1 is 1.25 bits per heavy atom. The van der Waals surface area contributed by atoms with Gasteiger partial charge < -0.3 is 10.4 Å². The monoisotopic (exact) mass is 328 g/mol. The number of rotatable bonds is 7. The fourth-order valence-corrected chi connectivity index (χ4v) is 3.06. The van der Waals surface area contributed by atoms with E-state index in [4.69, 9.17) is 5.11 Å². The zero-order valence-corrected chi connectivity index (χ0v) is 13.3. The van der Waals surface area contributed by atoms with Crippen LogP contribution >= 0.6 is 0 Å². The van der Waals surface area contributed by atoms with Crippen molar-refractivity contribution < 1.29 is 14.7 Å². The van der Waals surface area contributed by atoms with Crippen LogP contribution in [0.25, 0.3) is 0 Å². The van der Waals surface area contributed by atoms with E-state index in [9.17, 15) is 9.59 Å². The second kappa shape index (κ2) is 7.25. The minimum atomic E-state index is -0.978. The van der Waals surface area contributed by atoms with Gasteiger partial charge in [0.1, 0.15) is 12.2 Å². The van der Waals surface area contributed by atoms with Crippen LogP contribution in [0.2, 0.25) is 0 Å². The number of carboxylic acid groups (broad SMARTS) is 1. The molecule has 0 radical (unpaired) electrons. The molecule has 1 aromatic heterocycles. The molecule has 0 spiro atoms. The summed E-state index contributed by atoms with van der Waals surface area (Å²) in [5.41, 5.74) is 1.91. The topological polar surface area (TPSA) is 97.1 Å². The van der Waals surface area contributed by atoms with Crippen molar-refractivity contribution in [1.29, 1.82) is 0 Å². The number of carbonyl (C=O) groups is 2. The second-order valence-corrected chi connectivity index (χ2v) is 6.23. The van der Waals surface area contributed by atoms with Crippen LogP contribution in [0, 0.1) is 5.92 Å². The van der Waals surface area contributed by atoms with E-state index in [1.54, 1.807) is 0 Å². The SMILES string of the molecule is O=C(O)Cn1cc(CNC(=O)CC2CC(c3ccccc3)C2)nn1. The lowest BCUT2D eigenvalue weighted by Gasteiger charge is -2.35. The molecule has 24 heavy (non-hydrogen) atoms. The van der Waals surface area contributed by atoms with Crippen molar-refractivity contribution in [2.24, 2.45) is 5.92 Å². The fourth-order valence-electron chi connectivity index (χ4n) is 3.06. The highest BCUT2D eigenvalue weighted by Crippen LogP contribution is 2.43. The molecule has 0 unspecified atom stereocenters. The predicted octanol–water partition coefficient (Wildman–Crippen LogP) is 1.56. The Labute approximate surface area is 139 Å². The number of carbonyl (C=O) groups excluding carboxylic acids is 1. The molecule has 7 nitrogen and oxygen atoms in total. The van der Waals surface area contributed by atoms with Crippen LogP contribution in [0.1, 0.15) is 36.4 Å². The maximum Gasteiger partial charge on any atom is 0.325 e. The van der Waals surface area contributed by atoms with E-state index < -0.39 is 5.97 Å². The maximum absolute atomic E-state index is 12.0. The lowest BCUT2D eigenvalue weighted by molar-refractivity contribution is -0.138. The van der Waals surface area contributed by atoms with Gasteiger partial charge in [-0.1, -0.05) is 35.5 Å². The van der Waals surface area contributed by atoms with Gasteiger partial charge in [0.2, 0.25) is 5.91 Å². The molecule has 1 aromatic carbocycles. The van der Waals surface area contributed by atoms with E-state index in [2.05, 4.69) is 27.8 Å². The van der Waals surface area contributed by atoms with E-state index in [1.165, 1.54) is 16.4 Å². The quantitative estimate of drug-likeness (QED) is 0.804. The predicted molar refractivity (Wildman–Crippen MR) is 86.0 cm³/mol. The molecule has 2 aromatic rings. The first-order valence-corrected chi connectivity index (χ1v) is 8.02. The van der Waals surface area contributed by atoms with Crippen LogP contribution in [0.3, 0.4) is 0 Å². The van der Waals surface area contributed by atoms with Crippen molar-refractivity contribution in [3.05, 3.63) is 47.8 Å². The molecule has 0 saturated heterocycles. The van der Waals surface area contributed by atoms with E-state index in [-0.39, 0.29) is 19.0 Å². The highest BCUT2D eigenvalue weighted by molar-refractivity contribution is 5.76. The molecule has 7 heteroatoms. The number of hydrogen-bond acceptors (Lipinski definition) is 4. The molecule has 3 rings (SSSR count). The molecule has 0 bridgehead atoms. The average molecular weight is 328 g/mol. The molecule has 0 atom stereocenters. The molecule has 1 saturated carbocycles. The summed E-state index contributed by atoms with van der Waals surface area (Å²) in [6.45, 7) is 0.0389. The molecule has 2 N–H and O–H groups in total. The first-order chi connectivity index (χ1) is 11.6. The summed E-state index contributed by atoms with van der Waals surface area (Å²) in [6, 6.07) is 10.4. The van der Waals surface area contributed by atoms with Crippen LogP contribution in [0.4, 0.5) is 0 Å². The van der Waals surface area contributed by atoms with Crippen LogP contribution in [0.15, 0.2) is 36.5 Å². The number of benzene rings is 1. The Morgan fingerprint density at radius 2 is 2.00 bits per heavy atom. The standard InChI is InChI=1S/C17H20N4O3/c22-16(18-9-15-10-21(20-19-15)11-17(23)24)8-12-6-14(7-12)13-4-2-1-3-5-13/h1-5,10,12,14H,6-9,11H2,(H,18,22)(H,23,24). The summed E-state index contributed by atoms with van der Waals surface area (Å²) in [5, 5.41) is 19.0. The third kappa shape index (κ3) is 4.18. The smallest absolute Gasteiger partial charge is 0.325 e. The summed E-state index contributed by atoms with van der Waals surface area (Å²) >= 11 is 0. The van der Waals surface area contributed by atoms with Gasteiger partial charge in [-0.05, 0) is 30.2 Å². The highest BCUT2D eigenvalue weighted by Gasteiger charge is 2.31. The van der Waals surface area contributed by atoms with E-state index in [0.29, 0.717) is 24.0 Å². The average Bonchev–Trinajstić information content (AvgIpc) is 2.96. The molecule has 1 fully saturated rings. The third-order valence-electron chi connectivity index (χ3n) is 4.33. The van der Waals surface area contributed by atoms with Gasteiger partial charge in [0.25, 0.3) is 0 Å². The summed E-state index contributed by atoms with van der Waals surface area (Å²) in [5.74, 6) is 0.0190. The van der Waals surface area contributed by atoms with Crippen LogP contribution in [-0.2, 0) is 22.7 Å². The zero-order chi connectivity index (χ0) is 16.9. The molecular weight excluding hydrogens is 308 g/mol. The summed E-state index contributed by atoms with van der Waals surface area (Å²) < 4.78 is 1.24. The van der Waals surface area contributed by atoms with Gasteiger partial charge in [-0.2, -0.15) is 0 Å². The summed E-state index contributed by atoms with van der Waals surface area (Å²) in [4.78, 5) is 22.6. The van der Waals surface area contributed by atoms with Crippen molar-refractivity contribution in [2.45, 2.75) is 38.3 Å². The Kier molecular flexibility index (Phi) is 4.88. The Bertz CT molecular complexity index is 708. The molecular formula is C17H20N4O3. The van der Waals surface area contributed by atoms with Crippen LogP contribution < -0.4 is 5.32 Å². The van der Waals surface area contributed by atoms with E-state index >= 15 is 0 Å². The maximum atomic E-state index is 12.0. The number of aromatic nitrogens is 3. The Balaban J connectivity index is 1.38. The first-order valence-electron chi connectivity index (χ1n) is 8.02. The molecule has 1 aliphatic rings. The van der Waals surface area contributed by atoms with Crippen LogP contribution in [-0.4, -0.2) is 32.0 Å². The van der Waals surface area contributed by atoms with Gasteiger partial charge in [-0.3, -0.25) is 9.59 Å². The van der Waals surface area contributed by atoms with Gasteiger partial charge in [-0.15, -0.1) is 5.10 Å². The molecule has 1 aliphatic carbocycles. The van der Waals surface area contributed by atoms with E-state index in [0.717, 1.165) is 12.8 Å². The van der Waals surface area contributed by atoms with Crippen molar-refractivity contribution in [2.75, 3.05) is 0 Å². The summed E-state index contributed by atoms with van der Waals surface area (Å²) in [7, 11) is 0. The highest BCUT2D eigenvalue weighted by atomic mass is 16.4. The zero-order valence-electron chi connectivity index (χ0n) is 13.3. The van der Waals surface area contributed by atoms with Gasteiger partial charge >= 0.3 is 5.97 Å². The largest absolute Gasteiger partial charge is 0.480 e. The fraction of sp³-hybridized carbons (Fsp3) is 0.412. The number of carboxylic acids is 1. The number of nitrogens with zero attached hydrogens (tertiary/aromatic N) is 3. The Hall–Kier alpha value is -2.70. The van der Waals surface area contributed by atoms with Crippen molar-refractivity contribution in [3.8, 4) is 0 Å². The van der Waals surface area contributed by atoms with Crippen LogP contribution in [0.5, 0.6) is 0 Å². The number of aliphatic carboxylic acids is 1. The lowest BCUT2D eigenvalue weighted by Crippen LogP contribution is -2.30. The summed E-state index contributed by atoms with van der Waals surface area (Å²) in [6.07, 6.45) is 4.15. The van der Waals surface area contributed by atoms with Crippen molar-refractivity contribution in [1.82, 2.24) is 20.3 Å². The van der Waals surface area contributed by atoms with Crippen molar-refractivity contribution in [3.63, 3.8) is 0 Å². The molecule has 1 heterocycles. The number of amides is 1. The number of hydrogen-bond donors (Lipinski definition) is 2. The first kappa shape index (κ1) is 16.2. The number of nitrogens with one attached hydrogen (secondary N) is 1. The molecule has 126 valence electrons. The van der Waals surface area contributed by atoms with Gasteiger partial charge in [0.15, 0.2) is 0 Å². The van der Waals surface area contributed by atoms with Gasteiger partial charge in [-0.25, -0.2) is 4.68 Å². The minimum absolute atomic E-state index is 0.000652. The second-order valence-electron chi connectivity index (χ2n) is 6.23. The Morgan fingerprint density at radius 3 is 2.71 bits per heavy atom. The van der Waals surface area contributed by atoms with Gasteiger partial charge in [0, 0.05) is 6.42 Å².